The molecule has 7 heteroatoms. The van der Waals surface area contributed by atoms with Gasteiger partial charge in [0.05, 0.1) is 31.3 Å². The van der Waals surface area contributed by atoms with Crippen molar-refractivity contribution in [2.75, 3.05) is 18.5 Å². The lowest BCUT2D eigenvalue weighted by Crippen LogP contribution is -2.31. The predicted molar refractivity (Wildman–Crippen MR) is 106 cm³/mol. The smallest absolute Gasteiger partial charge is 0.264 e. The number of anilines is 1. The third-order valence-electron chi connectivity index (χ3n) is 4.23. The Morgan fingerprint density at radius 1 is 0.893 bits per heavy atom. The summed E-state index contributed by atoms with van der Waals surface area (Å²) < 4.78 is 51.9. The van der Waals surface area contributed by atoms with E-state index >= 15 is 0 Å². The van der Waals surface area contributed by atoms with E-state index in [9.17, 15) is 12.8 Å². The minimum absolute atomic E-state index is 0.0141. The van der Waals surface area contributed by atoms with Gasteiger partial charge in [0.1, 0.15) is 17.3 Å². The Bertz CT molecular complexity index is 1040. The number of sulfonamides is 1. The minimum atomic E-state index is -3.90. The molecule has 0 N–H and O–H groups in total. The molecule has 0 fully saturated rings. The number of methoxy groups -OCH3 is 2. The third-order valence-corrected chi connectivity index (χ3v) is 6.00. The normalized spacial score (nSPS) is 11.1. The molecule has 0 unspecified atom stereocenters. The Kier molecular flexibility index (Phi) is 5.84. The van der Waals surface area contributed by atoms with Crippen molar-refractivity contribution in [2.45, 2.75) is 11.4 Å². The fraction of sp³-hybridized carbons (Fsp3) is 0.143. The van der Waals surface area contributed by atoms with Gasteiger partial charge in [-0.05, 0) is 42.0 Å². The van der Waals surface area contributed by atoms with E-state index < -0.39 is 10.0 Å². The molecule has 0 bridgehead atoms. The van der Waals surface area contributed by atoms with Gasteiger partial charge in [-0.25, -0.2) is 12.8 Å². The molecule has 0 spiro atoms. The molecule has 0 radical (unpaired) electrons. The topological polar surface area (TPSA) is 55.8 Å². The van der Waals surface area contributed by atoms with Crippen LogP contribution in [0.15, 0.2) is 77.7 Å². The molecular weight excluding hydrogens is 381 g/mol. The molecule has 3 aromatic carbocycles. The Morgan fingerprint density at radius 3 is 2.18 bits per heavy atom. The summed E-state index contributed by atoms with van der Waals surface area (Å²) in [6, 6.07) is 18.7. The van der Waals surface area contributed by atoms with E-state index in [1.165, 1.54) is 42.8 Å². The third kappa shape index (κ3) is 4.09. The van der Waals surface area contributed by atoms with Crippen LogP contribution in [0.4, 0.5) is 10.1 Å². The zero-order valence-electron chi connectivity index (χ0n) is 15.5. The van der Waals surface area contributed by atoms with Crippen LogP contribution in [0, 0.1) is 5.82 Å². The van der Waals surface area contributed by atoms with Gasteiger partial charge in [0, 0.05) is 6.07 Å². The molecular formula is C21H20FNO4S. The second-order valence-corrected chi connectivity index (χ2v) is 7.85. The van der Waals surface area contributed by atoms with Crippen molar-refractivity contribution in [2.24, 2.45) is 0 Å². The summed E-state index contributed by atoms with van der Waals surface area (Å²) in [5.74, 6) is 0.503. The van der Waals surface area contributed by atoms with Crippen LogP contribution in [-0.2, 0) is 16.6 Å². The first-order valence-corrected chi connectivity index (χ1v) is 9.94. The summed E-state index contributed by atoms with van der Waals surface area (Å²) in [6.45, 7) is 0.0141. The molecule has 28 heavy (non-hydrogen) atoms. The molecule has 0 amide bonds. The molecule has 0 heterocycles. The van der Waals surface area contributed by atoms with E-state index in [-0.39, 0.29) is 17.3 Å². The highest BCUT2D eigenvalue weighted by Gasteiger charge is 2.27. The fourth-order valence-electron chi connectivity index (χ4n) is 2.77. The van der Waals surface area contributed by atoms with E-state index in [1.54, 1.807) is 48.5 Å². The van der Waals surface area contributed by atoms with E-state index in [2.05, 4.69) is 0 Å². The van der Waals surface area contributed by atoms with Gasteiger partial charge in [0.15, 0.2) is 0 Å². The Labute approximate surface area is 164 Å². The van der Waals surface area contributed by atoms with Gasteiger partial charge in [-0.15, -0.1) is 0 Å². The number of benzene rings is 3. The quantitative estimate of drug-likeness (QED) is 0.594. The first-order chi connectivity index (χ1) is 13.5. The highest BCUT2D eigenvalue weighted by molar-refractivity contribution is 7.92. The molecule has 3 aromatic rings. The summed E-state index contributed by atoms with van der Waals surface area (Å²) in [4.78, 5) is 0.148. The molecule has 0 atom stereocenters. The first kappa shape index (κ1) is 19.7. The van der Waals surface area contributed by atoms with Crippen molar-refractivity contribution in [1.29, 1.82) is 0 Å². The van der Waals surface area contributed by atoms with Gasteiger partial charge in [-0.3, -0.25) is 4.31 Å². The number of ether oxygens (including phenoxy) is 2. The highest BCUT2D eigenvalue weighted by Crippen LogP contribution is 2.36. The van der Waals surface area contributed by atoms with Crippen molar-refractivity contribution < 1.29 is 22.3 Å². The maximum absolute atomic E-state index is 13.4. The zero-order valence-corrected chi connectivity index (χ0v) is 16.3. The zero-order chi connectivity index (χ0) is 20.1. The molecule has 0 saturated heterocycles. The Hall–Kier alpha value is -3.06. The van der Waals surface area contributed by atoms with Crippen LogP contribution in [0.2, 0.25) is 0 Å². The van der Waals surface area contributed by atoms with Crippen LogP contribution in [0.5, 0.6) is 11.5 Å². The van der Waals surface area contributed by atoms with Crippen LogP contribution in [0.25, 0.3) is 0 Å². The standard InChI is InChI=1S/C21H20FNO4S/c1-26-18-12-13-20(21(14-18)27-2)23(15-16-8-10-17(22)11-9-16)28(24,25)19-6-4-3-5-7-19/h3-14H,15H2,1-2H3. The van der Waals surface area contributed by atoms with Gasteiger partial charge in [-0.1, -0.05) is 30.3 Å². The number of hydrogen-bond donors (Lipinski definition) is 0. The van der Waals surface area contributed by atoms with E-state index in [4.69, 9.17) is 9.47 Å². The fourth-order valence-corrected chi connectivity index (χ4v) is 4.25. The monoisotopic (exact) mass is 401 g/mol. The summed E-state index contributed by atoms with van der Waals surface area (Å²) >= 11 is 0. The second kappa shape index (κ2) is 8.31. The average Bonchev–Trinajstić information content (AvgIpc) is 2.73. The van der Waals surface area contributed by atoms with Crippen molar-refractivity contribution >= 4 is 15.7 Å². The molecule has 146 valence electrons. The highest BCUT2D eigenvalue weighted by atomic mass is 32.2. The van der Waals surface area contributed by atoms with E-state index in [1.807, 2.05) is 0 Å². The lowest BCUT2D eigenvalue weighted by molar-refractivity contribution is 0.394. The van der Waals surface area contributed by atoms with Gasteiger partial charge in [0.2, 0.25) is 0 Å². The van der Waals surface area contributed by atoms with Gasteiger partial charge in [0.25, 0.3) is 10.0 Å². The SMILES string of the molecule is COc1ccc(N(Cc2ccc(F)cc2)S(=O)(=O)c2ccccc2)c(OC)c1. The summed E-state index contributed by atoms with van der Waals surface area (Å²) in [5, 5.41) is 0. The molecule has 0 aliphatic heterocycles. The van der Waals surface area contributed by atoms with Crippen LogP contribution in [0.1, 0.15) is 5.56 Å². The van der Waals surface area contributed by atoms with Crippen LogP contribution in [0.3, 0.4) is 0 Å². The van der Waals surface area contributed by atoms with Crippen molar-refractivity contribution in [3.63, 3.8) is 0 Å². The maximum Gasteiger partial charge on any atom is 0.264 e. The minimum Gasteiger partial charge on any atom is -0.497 e. The lowest BCUT2D eigenvalue weighted by atomic mass is 10.2. The molecule has 0 aliphatic carbocycles. The summed E-state index contributed by atoms with van der Waals surface area (Å²) in [6.07, 6.45) is 0. The van der Waals surface area contributed by atoms with Crippen LogP contribution >= 0.6 is 0 Å². The summed E-state index contributed by atoms with van der Waals surface area (Å²) in [7, 11) is -0.915. The number of halogens is 1. The predicted octanol–water partition coefficient (Wildman–Crippen LogP) is 4.24. The van der Waals surface area contributed by atoms with Gasteiger partial charge in [-0.2, -0.15) is 0 Å². The molecule has 0 saturated carbocycles. The molecule has 0 aromatic heterocycles. The van der Waals surface area contributed by atoms with Gasteiger partial charge >= 0.3 is 0 Å². The van der Waals surface area contributed by atoms with Crippen molar-refractivity contribution in [1.82, 2.24) is 0 Å². The molecule has 3 rings (SSSR count). The van der Waals surface area contributed by atoms with E-state index in [0.717, 1.165) is 0 Å². The van der Waals surface area contributed by atoms with E-state index in [0.29, 0.717) is 22.7 Å². The Morgan fingerprint density at radius 2 is 1.57 bits per heavy atom. The molecule has 0 aliphatic rings. The average molecular weight is 401 g/mol. The number of hydrogen-bond acceptors (Lipinski definition) is 4. The second-order valence-electron chi connectivity index (χ2n) is 5.99. The summed E-state index contributed by atoms with van der Waals surface area (Å²) in [5.41, 5.74) is 0.996. The number of nitrogens with zero attached hydrogens (tertiary/aromatic N) is 1. The van der Waals surface area contributed by atoms with Crippen molar-refractivity contribution in [3.05, 3.63) is 84.2 Å². The van der Waals surface area contributed by atoms with Crippen LogP contribution in [-0.4, -0.2) is 22.6 Å². The lowest BCUT2D eigenvalue weighted by Gasteiger charge is -2.26. The largest absolute Gasteiger partial charge is 0.497 e. The first-order valence-electron chi connectivity index (χ1n) is 8.50. The number of rotatable bonds is 7. The molecule has 5 nitrogen and oxygen atoms in total. The van der Waals surface area contributed by atoms with Crippen LogP contribution < -0.4 is 13.8 Å². The van der Waals surface area contributed by atoms with Crippen molar-refractivity contribution in [3.8, 4) is 11.5 Å². The Balaban J connectivity index is 2.13. The van der Waals surface area contributed by atoms with Gasteiger partial charge < -0.3 is 9.47 Å². The maximum atomic E-state index is 13.4.